The van der Waals surface area contributed by atoms with Crippen LogP contribution >= 0.6 is 0 Å². The average Bonchev–Trinajstić information content (AvgIpc) is 2.54. The summed E-state index contributed by atoms with van der Waals surface area (Å²) in [5, 5.41) is 0. The largest absolute Gasteiger partial charge is 0.435 e. The lowest BCUT2D eigenvalue weighted by Crippen LogP contribution is -2.38. The molecule has 0 bridgehead atoms. The Morgan fingerprint density at radius 3 is 1.96 bits per heavy atom. The van der Waals surface area contributed by atoms with Gasteiger partial charge in [0.05, 0.1) is 12.0 Å². The third kappa shape index (κ3) is 5.77. The molecule has 2 saturated carbocycles. The van der Waals surface area contributed by atoms with Gasteiger partial charge in [-0.3, -0.25) is 4.79 Å². The van der Waals surface area contributed by atoms with Crippen molar-refractivity contribution in [2.24, 2.45) is 17.3 Å². The smallest absolute Gasteiger partial charge is 0.311 e. The van der Waals surface area contributed by atoms with Crippen LogP contribution < -0.4 is 0 Å². The van der Waals surface area contributed by atoms with E-state index in [4.69, 9.17) is 9.47 Å². The second kappa shape index (κ2) is 8.50. The first-order valence-corrected chi connectivity index (χ1v) is 9.74. The minimum Gasteiger partial charge on any atom is -0.435 e. The quantitative estimate of drug-likeness (QED) is 0.497. The monoisotopic (exact) mass is 324 g/mol. The third-order valence-corrected chi connectivity index (χ3v) is 5.80. The van der Waals surface area contributed by atoms with Crippen molar-refractivity contribution >= 4 is 5.97 Å². The van der Waals surface area contributed by atoms with Crippen LogP contribution in [0.3, 0.4) is 0 Å². The molecular formula is C20H36O3. The molecule has 0 heterocycles. The fraction of sp³-hybridized carbons (Fsp3) is 0.950. The molecule has 0 spiro atoms. The molecule has 23 heavy (non-hydrogen) atoms. The Morgan fingerprint density at radius 2 is 1.43 bits per heavy atom. The summed E-state index contributed by atoms with van der Waals surface area (Å²) in [4.78, 5) is 12.6. The van der Waals surface area contributed by atoms with Gasteiger partial charge in [-0.1, -0.05) is 66.2 Å². The molecule has 3 nitrogen and oxygen atoms in total. The molecule has 0 amide bonds. The zero-order valence-corrected chi connectivity index (χ0v) is 15.6. The van der Waals surface area contributed by atoms with Gasteiger partial charge in [-0.15, -0.1) is 0 Å². The van der Waals surface area contributed by atoms with Crippen LogP contribution in [0.4, 0.5) is 0 Å². The predicted molar refractivity (Wildman–Crippen MR) is 93.0 cm³/mol. The van der Waals surface area contributed by atoms with Gasteiger partial charge in [0.1, 0.15) is 0 Å². The molecule has 3 heteroatoms. The van der Waals surface area contributed by atoms with Crippen molar-refractivity contribution in [2.75, 3.05) is 0 Å². The van der Waals surface area contributed by atoms with Gasteiger partial charge in [-0.25, -0.2) is 0 Å². The zero-order valence-electron chi connectivity index (χ0n) is 15.6. The number of rotatable bonds is 5. The van der Waals surface area contributed by atoms with Crippen molar-refractivity contribution in [3.8, 4) is 0 Å². The highest BCUT2D eigenvalue weighted by Gasteiger charge is 2.34. The van der Waals surface area contributed by atoms with Crippen molar-refractivity contribution in [2.45, 2.75) is 104 Å². The molecule has 0 aliphatic heterocycles. The molecule has 0 aromatic rings. The number of carbonyl (C=O) groups excluding carboxylic acids is 1. The summed E-state index contributed by atoms with van der Waals surface area (Å²) in [6, 6.07) is 0. The zero-order chi connectivity index (χ0) is 16.9. The lowest BCUT2D eigenvalue weighted by atomic mass is 9.82. The molecule has 134 valence electrons. The van der Waals surface area contributed by atoms with Crippen LogP contribution in [0.25, 0.3) is 0 Å². The molecule has 0 radical (unpaired) electrons. The second-order valence-electron chi connectivity index (χ2n) is 8.69. The molecule has 0 aromatic heterocycles. The van der Waals surface area contributed by atoms with E-state index in [1.54, 1.807) is 0 Å². The van der Waals surface area contributed by atoms with Crippen LogP contribution in [0.2, 0.25) is 0 Å². The lowest BCUT2D eigenvalue weighted by molar-refractivity contribution is -0.216. The Balaban J connectivity index is 1.98. The molecule has 2 aliphatic carbocycles. The molecule has 2 unspecified atom stereocenters. The molecule has 2 aliphatic rings. The van der Waals surface area contributed by atoms with Crippen molar-refractivity contribution in [1.29, 1.82) is 0 Å². The predicted octanol–water partition coefficient (Wildman–Crippen LogP) is 5.47. The Labute approximate surface area is 142 Å². The number of carbonyl (C=O) groups is 1. The molecular weight excluding hydrogens is 288 g/mol. The average molecular weight is 325 g/mol. The van der Waals surface area contributed by atoms with E-state index in [1.807, 2.05) is 6.92 Å². The summed E-state index contributed by atoms with van der Waals surface area (Å²) >= 11 is 0. The number of hydrogen-bond donors (Lipinski definition) is 0. The fourth-order valence-electron chi connectivity index (χ4n) is 3.60. The highest BCUT2D eigenvalue weighted by Crippen LogP contribution is 2.33. The van der Waals surface area contributed by atoms with Gasteiger partial charge >= 0.3 is 5.97 Å². The summed E-state index contributed by atoms with van der Waals surface area (Å²) in [6.07, 6.45) is 12.1. The van der Waals surface area contributed by atoms with Crippen molar-refractivity contribution in [3.05, 3.63) is 0 Å². The van der Waals surface area contributed by atoms with Gasteiger partial charge < -0.3 is 9.47 Å². The maximum absolute atomic E-state index is 12.6. The van der Waals surface area contributed by atoms with Gasteiger partial charge in [0.15, 0.2) is 0 Å². The summed E-state index contributed by atoms with van der Waals surface area (Å²) in [5.41, 5.74) is -0.0704. The van der Waals surface area contributed by atoms with Crippen LogP contribution in [0.1, 0.15) is 91.9 Å². The van der Waals surface area contributed by atoms with Crippen molar-refractivity contribution in [1.82, 2.24) is 0 Å². The van der Waals surface area contributed by atoms with E-state index < -0.39 is 0 Å². The molecule has 2 fully saturated rings. The Kier molecular flexibility index (Phi) is 6.94. The third-order valence-electron chi connectivity index (χ3n) is 5.80. The first-order valence-electron chi connectivity index (χ1n) is 9.74. The summed E-state index contributed by atoms with van der Waals surface area (Å²) < 4.78 is 12.2. The molecule has 0 aromatic carbocycles. The summed E-state index contributed by atoms with van der Waals surface area (Å²) in [7, 11) is 0. The van der Waals surface area contributed by atoms with E-state index in [0.29, 0.717) is 5.92 Å². The fourth-order valence-corrected chi connectivity index (χ4v) is 3.60. The van der Waals surface area contributed by atoms with Crippen LogP contribution in [0.5, 0.6) is 0 Å². The van der Waals surface area contributed by atoms with Gasteiger partial charge in [-0.2, -0.15) is 0 Å². The van der Waals surface area contributed by atoms with E-state index in [2.05, 4.69) is 20.8 Å². The maximum atomic E-state index is 12.6. The van der Waals surface area contributed by atoms with E-state index >= 15 is 0 Å². The normalized spacial score (nSPS) is 24.2. The summed E-state index contributed by atoms with van der Waals surface area (Å²) in [5.74, 6) is 0.189. The minimum absolute atomic E-state index is 0.0704. The van der Waals surface area contributed by atoms with Gasteiger partial charge in [0.2, 0.25) is 6.29 Å². The Bertz CT molecular complexity index is 360. The standard InChI is InChI=1S/C20H36O3/c1-15(20(2,3)4)18(21)23-19(16-11-7-5-8-12-16)22-17-13-9-6-10-14-17/h15-17,19H,5-14H2,1-4H3. The van der Waals surface area contributed by atoms with E-state index in [-0.39, 0.29) is 29.7 Å². The van der Waals surface area contributed by atoms with Crippen molar-refractivity contribution < 1.29 is 14.3 Å². The number of hydrogen-bond acceptors (Lipinski definition) is 3. The first-order chi connectivity index (χ1) is 10.9. The SMILES string of the molecule is CC(C(=O)OC(OC1CCCCC1)C1CCCCC1)C(C)(C)C. The molecule has 2 atom stereocenters. The van der Waals surface area contributed by atoms with Gasteiger partial charge in [0.25, 0.3) is 0 Å². The lowest BCUT2D eigenvalue weighted by Gasteiger charge is -2.35. The van der Waals surface area contributed by atoms with Crippen LogP contribution in [-0.2, 0) is 14.3 Å². The van der Waals surface area contributed by atoms with Crippen LogP contribution in [-0.4, -0.2) is 18.4 Å². The van der Waals surface area contributed by atoms with Crippen LogP contribution in [0, 0.1) is 17.3 Å². The first kappa shape index (κ1) is 18.8. The molecule has 0 saturated heterocycles. The molecule has 2 rings (SSSR count). The van der Waals surface area contributed by atoms with E-state index in [9.17, 15) is 4.79 Å². The maximum Gasteiger partial charge on any atom is 0.311 e. The van der Waals surface area contributed by atoms with Gasteiger partial charge in [0, 0.05) is 5.92 Å². The van der Waals surface area contributed by atoms with Crippen LogP contribution in [0.15, 0.2) is 0 Å². The van der Waals surface area contributed by atoms with E-state index in [1.165, 1.54) is 38.5 Å². The minimum atomic E-state index is -0.323. The number of ether oxygens (including phenoxy) is 2. The highest BCUT2D eigenvalue weighted by atomic mass is 16.7. The molecule has 0 N–H and O–H groups in total. The summed E-state index contributed by atoms with van der Waals surface area (Å²) in [6.45, 7) is 8.25. The number of esters is 1. The topological polar surface area (TPSA) is 35.5 Å². The Morgan fingerprint density at radius 1 is 0.913 bits per heavy atom. The Hall–Kier alpha value is -0.570. The second-order valence-corrected chi connectivity index (χ2v) is 8.69. The van der Waals surface area contributed by atoms with E-state index in [0.717, 1.165) is 25.7 Å². The van der Waals surface area contributed by atoms with Crippen molar-refractivity contribution in [3.63, 3.8) is 0 Å². The van der Waals surface area contributed by atoms with Gasteiger partial charge in [-0.05, 0) is 31.1 Å². The highest BCUT2D eigenvalue weighted by molar-refractivity contribution is 5.73.